The van der Waals surface area contributed by atoms with Crippen molar-refractivity contribution in [3.63, 3.8) is 0 Å². The predicted molar refractivity (Wildman–Crippen MR) is 345 cm³/mol. The minimum atomic E-state index is -0.463. The lowest BCUT2D eigenvalue weighted by Crippen LogP contribution is -2.38. The van der Waals surface area contributed by atoms with Crippen molar-refractivity contribution in [2.24, 2.45) is 35.2 Å². The zero-order valence-electron chi connectivity index (χ0n) is 58.9. The Morgan fingerprint density at radius 3 is 1.28 bits per heavy atom. The lowest BCUT2D eigenvalue weighted by Gasteiger charge is -1.97. The van der Waals surface area contributed by atoms with E-state index in [1.807, 2.05) is 112 Å². The standard InChI is InChI=1S/C8H10NO2.3C7H9N2O2.2C7H10NO2.C6H8N3O2.C4H12P.5C2H6/c1-9-6-4-3-5-7(9)8(10)11-2;1-9-4-3-8-5-6(9)7(10)11-2;1-9-5-8-4-3-6(9)7(10)11-2;1-9-5-3-4-8-6(9)7(10)11-2;2*1-8-5-3-4-6(8)7(9)10-2;1-9-4-7-3-8-5(9)6(10)11-2;1-5(2,3)4;5*1-2/h3-6H,1-2H3;3*3-5H,1-2H3;3,5H,4H2,1-2H3;3-4H,5H2,1-2H3;3-4H,1-2H3;1-4H3;5*1-2H3/q8*+1;;;;;. The molecule has 7 rings (SSSR count). The zero-order chi connectivity index (χ0) is 71.0. The van der Waals surface area contributed by atoms with Crippen LogP contribution in [0.3, 0.4) is 0 Å². The van der Waals surface area contributed by atoms with Crippen molar-refractivity contribution in [3.05, 3.63) is 146 Å². The van der Waals surface area contributed by atoms with Crippen LogP contribution in [0.2, 0.25) is 0 Å². The highest BCUT2D eigenvalue weighted by molar-refractivity contribution is 7.73. The Balaban J connectivity index is -0.000000221. The molecule has 0 unspecified atom stereocenters. The molecule has 2 aliphatic rings. The summed E-state index contributed by atoms with van der Waals surface area (Å²) < 4.78 is 43.3. The Kier molecular flexibility index (Phi) is 59.0. The number of hydrogen-bond acceptors (Lipinski definition) is 19. The second kappa shape index (κ2) is 57.7. The van der Waals surface area contributed by atoms with Crippen LogP contribution >= 0.6 is 7.26 Å². The fourth-order valence-corrected chi connectivity index (χ4v) is 5.47. The van der Waals surface area contributed by atoms with Gasteiger partial charge in [-0.15, -0.1) is 0 Å². The van der Waals surface area contributed by atoms with E-state index in [0.717, 1.165) is 6.54 Å². The number of hydrogen-bond donors (Lipinski definition) is 0. The van der Waals surface area contributed by atoms with E-state index in [1.165, 1.54) is 73.2 Å². The van der Waals surface area contributed by atoms with E-state index in [2.05, 4.69) is 84.7 Å². The van der Waals surface area contributed by atoms with Crippen LogP contribution in [0, 0.1) is 0 Å². The van der Waals surface area contributed by atoms with Crippen LogP contribution in [0.25, 0.3) is 0 Å². The van der Waals surface area contributed by atoms with Crippen LogP contribution in [-0.2, 0) is 78.0 Å². The molecule has 7 heterocycles. The molecule has 500 valence electrons. The molecule has 26 nitrogen and oxygen atoms in total. The first-order valence-corrected chi connectivity index (χ1v) is 32.2. The number of aryl methyl sites for hydroxylation is 5. The number of carbonyl (C=O) groups is 7. The molecular formula is C63H107N12O14P+8. The third kappa shape index (κ3) is 41.2. The monoisotopic (exact) mass is 1290 g/mol. The van der Waals surface area contributed by atoms with E-state index in [4.69, 9.17) is 0 Å². The van der Waals surface area contributed by atoms with Gasteiger partial charge in [0.05, 0.1) is 89.7 Å². The van der Waals surface area contributed by atoms with Crippen LogP contribution in [-0.4, -0.2) is 184 Å². The van der Waals surface area contributed by atoms with Gasteiger partial charge in [0.15, 0.2) is 25.1 Å². The fourth-order valence-electron chi connectivity index (χ4n) is 5.47. The quantitative estimate of drug-likeness (QED) is 0.0888. The van der Waals surface area contributed by atoms with Crippen molar-refractivity contribution < 1.29 is 98.7 Å². The summed E-state index contributed by atoms with van der Waals surface area (Å²) in [6.45, 7) is 30.0. The maximum atomic E-state index is 11.0. The number of likely N-dealkylation sites (N-methyl/N-ethyl adjacent to an activating group) is 1. The molecule has 0 N–H and O–H groups in total. The van der Waals surface area contributed by atoms with E-state index in [0.29, 0.717) is 40.8 Å². The highest BCUT2D eigenvalue weighted by atomic mass is 31.2. The minimum Gasteiger partial charge on any atom is -0.463 e. The first-order valence-electron chi connectivity index (χ1n) is 28.7. The summed E-state index contributed by atoms with van der Waals surface area (Å²) in [6, 6.07) is 8.71. The lowest BCUT2D eigenvalue weighted by atomic mass is 10.3. The molecule has 27 heteroatoms. The Morgan fingerprint density at radius 1 is 0.433 bits per heavy atom. The molecule has 0 saturated carbocycles. The zero-order valence-corrected chi connectivity index (χ0v) is 59.8. The molecule has 5 aromatic heterocycles. The summed E-state index contributed by atoms with van der Waals surface area (Å²) in [5, 5.41) is 0. The smallest absolute Gasteiger partial charge is 0.425 e. The van der Waals surface area contributed by atoms with Gasteiger partial charge >= 0.3 is 59.1 Å². The normalized spacial score (nSPS) is 10.3. The van der Waals surface area contributed by atoms with E-state index in [9.17, 15) is 33.6 Å². The van der Waals surface area contributed by atoms with Crippen LogP contribution in [0.1, 0.15) is 128 Å². The van der Waals surface area contributed by atoms with Gasteiger partial charge in [-0.2, -0.15) is 13.7 Å². The van der Waals surface area contributed by atoms with Crippen molar-refractivity contribution in [3.8, 4) is 0 Å². The van der Waals surface area contributed by atoms with Crippen molar-refractivity contribution in [1.29, 1.82) is 0 Å². The molecule has 90 heavy (non-hydrogen) atoms. The summed E-state index contributed by atoms with van der Waals surface area (Å²) in [5.41, 5.74) is 2.80. The molecule has 0 aliphatic carbocycles. The summed E-state index contributed by atoms with van der Waals surface area (Å²) in [6.07, 6.45) is 23.9. The van der Waals surface area contributed by atoms with Gasteiger partial charge in [0.2, 0.25) is 12.0 Å². The van der Waals surface area contributed by atoms with Crippen molar-refractivity contribution in [2.45, 2.75) is 75.7 Å². The summed E-state index contributed by atoms with van der Waals surface area (Å²) in [5.74, 6) is -1.90. The van der Waals surface area contributed by atoms with Crippen LogP contribution in [0.4, 0.5) is 0 Å². The van der Waals surface area contributed by atoms with Gasteiger partial charge < -0.3 is 33.2 Å². The maximum absolute atomic E-state index is 11.0. The van der Waals surface area contributed by atoms with Gasteiger partial charge in [0.25, 0.3) is 29.8 Å². The van der Waals surface area contributed by atoms with E-state index < -0.39 is 11.9 Å². The number of allylic oxidation sites excluding steroid dienone is 1. The van der Waals surface area contributed by atoms with E-state index in [1.54, 1.807) is 132 Å². The number of methoxy groups -OCH3 is 7. The number of nitrogens with zero attached hydrogens (tertiary/aromatic N) is 12. The second-order valence-corrected chi connectivity index (χ2v) is 22.6. The Hall–Kier alpha value is -9.06. The Morgan fingerprint density at radius 2 is 0.878 bits per heavy atom. The van der Waals surface area contributed by atoms with Gasteiger partial charge in [-0.3, -0.25) is 4.98 Å². The molecule has 0 aromatic carbocycles. The number of carbonyl (C=O) groups excluding carboxylic acids is 7. The average Bonchev–Trinajstić information content (AvgIpc) is 3.90. The largest absolute Gasteiger partial charge is 0.463 e. The molecule has 0 atom stereocenters. The number of esters is 7. The molecule has 0 fully saturated rings. The molecule has 0 amide bonds. The Bertz CT molecular complexity index is 2650. The van der Waals surface area contributed by atoms with E-state index >= 15 is 0 Å². The fraction of sp³-hybridized carbons (Fsp3) is 0.476. The van der Waals surface area contributed by atoms with Crippen LogP contribution in [0.5, 0.6) is 0 Å². The van der Waals surface area contributed by atoms with Crippen molar-refractivity contribution in [1.82, 2.24) is 24.9 Å². The van der Waals surface area contributed by atoms with Crippen molar-refractivity contribution in [2.75, 3.05) is 97.1 Å². The highest BCUT2D eigenvalue weighted by Crippen LogP contribution is 2.40. The average molecular weight is 1290 g/mol. The van der Waals surface area contributed by atoms with Gasteiger partial charge in [0.1, 0.15) is 46.8 Å². The number of aromatic nitrogens is 10. The molecule has 5 aromatic rings. The Labute approximate surface area is 535 Å². The van der Waals surface area contributed by atoms with Gasteiger partial charge in [0, 0.05) is 64.3 Å². The van der Waals surface area contributed by atoms with E-state index in [-0.39, 0.29) is 42.9 Å². The second-order valence-electron chi connectivity index (χ2n) is 17.3. The number of pyridine rings is 1. The van der Waals surface area contributed by atoms with Gasteiger partial charge in [-0.1, -0.05) is 84.2 Å². The van der Waals surface area contributed by atoms with Gasteiger partial charge in [-0.05, 0) is 23.2 Å². The molecule has 0 spiro atoms. The summed E-state index contributed by atoms with van der Waals surface area (Å²) >= 11 is 0. The minimum absolute atomic E-state index is 0.238. The number of ether oxygens (including phenoxy) is 7. The molecule has 2 aliphatic heterocycles. The number of rotatable bonds is 7. The van der Waals surface area contributed by atoms with Crippen LogP contribution < -0.4 is 22.8 Å². The molecule has 0 saturated heterocycles. The summed E-state index contributed by atoms with van der Waals surface area (Å²) in [7, 11) is 21.5. The highest BCUT2D eigenvalue weighted by Gasteiger charge is 2.24. The molecular weight excluding hydrogens is 1180 g/mol. The SMILES string of the molecule is CC.CC.CC.CC.CC.COC(=O)C1=[N+](C)C=CC1.COC(=O)C1=[N+](C)CC=C1.COC(=O)c1cccc[n+]1C.COC(=O)c1ccnc[n+]1C.COC(=O)c1cncc[n+]1C.COC(=O)c1nccc[n+]1C.COC(=O)c1ncnc[n+]1C.C[P+](C)(C)C. The first-order chi connectivity index (χ1) is 42.8. The maximum Gasteiger partial charge on any atom is 0.425 e. The molecule has 0 bridgehead atoms. The van der Waals surface area contributed by atoms with Gasteiger partial charge in [-0.25, -0.2) is 51.8 Å². The topological polar surface area (TPSA) is 274 Å². The molecule has 0 radical (unpaired) electrons. The summed E-state index contributed by atoms with van der Waals surface area (Å²) in [4.78, 5) is 95.4. The lowest BCUT2D eigenvalue weighted by molar-refractivity contribution is -0.680. The van der Waals surface area contributed by atoms with Crippen LogP contribution in [0.15, 0.2) is 117 Å². The third-order valence-corrected chi connectivity index (χ3v) is 9.56. The predicted octanol–water partition coefficient (Wildman–Crippen LogP) is 5.09. The first kappa shape index (κ1) is 92.1. The third-order valence-electron chi connectivity index (χ3n) is 9.56. The van der Waals surface area contributed by atoms with Crippen molar-refractivity contribution >= 4 is 60.5 Å².